The average Bonchev–Trinajstić information content (AvgIpc) is 2.92. The van der Waals surface area contributed by atoms with Crippen LogP contribution in [-0.2, 0) is 17.7 Å². The van der Waals surface area contributed by atoms with Gasteiger partial charge in [0.25, 0.3) is 5.91 Å². The lowest BCUT2D eigenvalue weighted by Gasteiger charge is -2.12. The number of aryl methyl sites for hydroxylation is 1. The molecule has 1 N–H and O–H groups in total. The molecule has 0 spiro atoms. The second kappa shape index (κ2) is 11.0. The number of allylic oxidation sites excluding steroid dienone is 2. The van der Waals surface area contributed by atoms with Gasteiger partial charge in [-0.3, -0.25) is 4.79 Å². The minimum atomic E-state index is -0.0758. The van der Waals surface area contributed by atoms with Crippen molar-refractivity contribution >= 4 is 5.91 Å². The third kappa shape index (κ3) is 6.99. The number of aromatic nitrogens is 2. The maximum Gasteiger partial charge on any atom is 0.269 e. The molecular formula is C18H31N3O2. The van der Waals surface area contributed by atoms with Crippen LogP contribution in [0.3, 0.4) is 0 Å². The molecule has 0 fully saturated rings. The minimum absolute atomic E-state index is 0.0758. The normalized spacial score (nSPS) is 11.5. The second-order valence-electron chi connectivity index (χ2n) is 5.85. The van der Waals surface area contributed by atoms with Crippen molar-refractivity contribution in [3.63, 3.8) is 0 Å². The molecule has 23 heavy (non-hydrogen) atoms. The van der Waals surface area contributed by atoms with E-state index in [1.165, 1.54) is 0 Å². The van der Waals surface area contributed by atoms with Crippen LogP contribution in [0.1, 0.15) is 63.3 Å². The molecule has 0 saturated carbocycles. The third-order valence-electron chi connectivity index (χ3n) is 3.52. The fourth-order valence-electron chi connectivity index (χ4n) is 2.30. The van der Waals surface area contributed by atoms with Gasteiger partial charge in [0.2, 0.25) is 0 Å². The monoisotopic (exact) mass is 321 g/mol. The highest BCUT2D eigenvalue weighted by Crippen LogP contribution is 2.10. The van der Waals surface area contributed by atoms with Gasteiger partial charge in [0, 0.05) is 19.5 Å². The summed E-state index contributed by atoms with van der Waals surface area (Å²) < 4.78 is 7.50. The van der Waals surface area contributed by atoms with E-state index in [1.807, 2.05) is 31.4 Å². The van der Waals surface area contributed by atoms with Crippen molar-refractivity contribution in [1.29, 1.82) is 0 Å². The summed E-state index contributed by atoms with van der Waals surface area (Å²) in [5, 5.41) is 2.91. The molecule has 1 rings (SSSR count). The second-order valence-corrected chi connectivity index (χ2v) is 5.85. The van der Waals surface area contributed by atoms with Crippen molar-refractivity contribution in [3.8, 4) is 0 Å². The van der Waals surface area contributed by atoms with Gasteiger partial charge in [0.1, 0.15) is 11.5 Å². The van der Waals surface area contributed by atoms with E-state index in [1.54, 1.807) is 6.20 Å². The molecule has 0 atom stereocenters. The predicted octanol–water partition coefficient (Wildman–Crippen LogP) is 3.35. The molecule has 0 aliphatic carbocycles. The number of nitrogens with zero attached hydrogens (tertiary/aromatic N) is 2. The van der Waals surface area contributed by atoms with Gasteiger partial charge in [0.05, 0.1) is 18.9 Å². The first-order valence-electron chi connectivity index (χ1n) is 8.65. The molecule has 0 saturated heterocycles. The first kappa shape index (κ1) is 19.4. The lowest BCUT2D eigenvalue weighted by atomic mass is 10.2. The number of nitrogens with one attached hydrogen (secondary N) is 1. The lowest BCUT2D eigenvalue weighted by molar-refractivity contribution is 0.0743. The molecule has 0 aliphatic heterocycles. The van der Waals surface area contributed by atoms with E-state index in [0.29, 0.717) is 18.8 Å². The highest BCUT2D eigenvalue weighted by atomic mass is 16.5. The van der Waals surface area contributed by atoms with E-state index in [-0.39, 0.29) is 12.0 Å². The van der Waals surface area contributed by atoms with Crippen LogP contribution in [0.25, 0.3) is 0 Å². The number of carbonyl (C=O) groups excluding carboxylic acids is 1. The van der Waals surface area contributed by atoms with E-state index < -0.39 is 0 Å². The summed E-state index contributed by atoms with van der Waals surface area (Å²) in [5.74, 6) is 0.924. The van der Waals surface area contributed by atoms with Crippen LogP contribution >= 0.6 is 0 Å². The number of hydrogen-bond acceptors (Lipinski definition) is 3. The maximum atomic E-state index is 12.4. The van der Waals surface area contributed by atoms with Gasteiger partial charge < -0.3 is 14.6 Å². The smallest absolute Gasteiger partial charge is 0.269 e. The molecule has 0 aromatic carbocycles. The summed E-state index contributed by atoms with van der Waals surface area (Å²) in [6.07, 6.45) is 10.0. The zero-order valence-corrected chi connectivity index (χ0v) is 15.0. The van der Waals surface area contributed by atoms with Crippen LogP contribution in [0, 0.1) is 0 Å². The van der Waals surface area contributed by atoms with Crippen molar-refractivity contribution in [2.75, 3.05) is 13.2 Å². The molecule has 0 unspecified atom stereocenters. The number of hydrogen-bond donors (Lipinski definition) is 1. The third-order valence-corrected chi connectivity index (χ3v) is 3.52. The Hall–Kier alpha value is -1.62. The van der Waals surface area contributed by atoms with Crippen molar-refractivity contribution in [2.24, 2.45) is 0 Å². The lowest BCUT2D eigenvalue weighted by Crippen LogP contribution is -2.30. The van der Waals surface area contributed by atoms with E-state index >= 15 is 0 Å². The maximum absolute atomic E-state index is 12.4. The Kier molecular flexibility index (Phi) is 9.29. The Morgan fingerprint density at radius 1 is 1.48 bits per heavy atom. The highest BCUT2D eigenvalue weighted by Gasteiger charge is 2.15. The largest absolute Gasteiger partial charge is 0.377 e. The summed E-state index contributed by atoms with van der Waals surface area (Å²) in [6.45, 7) is 9.97. The predicted molar refractivity (Wildman–Crippen MR) is 93.7 cm³/mol. The Bertz CT molecular complexity index is 492. The Morgan fingerprint density at radius 2 is 2.26 bits per heavy atom. The van der Waals surface area contributed by atoms with E-state index in [9.17, 15) is 4.79 Å². The minimum Gasteiger partial charge on any atom is -0.377 e. The van der Waals surface area contributed by atoms with Gasteiger partial charge in [-0.1, -0.05) is 25.5 Å². The quantitative estimate of drug-likeness (QED) is 0.502. The van der Waals surface area contributed by atoms with Crippen molar-refractivity contribution in [3.05, 3.63) is 29.9 Å². The first-order chi connectivity index (χ1) is 11.1. The average molecular weight is 321 g/mol. The topological polar surface area (TPSA) is 56.2 Å². The SMILES string of the molecule is C/C=C\CCn1c(C(=O)NCCOC(C)C)cnc1CCCC. The van der Waals surface area contributed by atoms with Gasteiger partial charge in [-0.25, -0.2) is 4.98 Å². The van der Waals surface area contributed by atoms with Gasteiger partial charge in [-0.2, -0.15) is 0 Å². The Morgan fingerprint density at radius 3 is 2.91 bits per heavy atom. The molecule has 0 bridgehead atoms. The van der Waals surface area contributed by atoms with Crippen LogP contribution < -0.4 is 5.32 Å². The molecular weight excluding hydrogens is 290 g/mol. The van der Waals surface area contributed by atoms with E-state index in [2.05, 4.69) is 23.3 Å². The van der Waals surface area contributed by atoms with Crippen molar-refractivity contribution in [2.45, 2.75) is 66.0 Å². The number of rotatable bonds is 11. The Balaban J connectivity index is 2.70. The molecule has 0 radical (unpaired) electrons. The van der Waals surface area contributed by atoms with Crippen LogP contribution in [0.4, 0.5) is 0 Å². The number of unbranched alkanes of at least 4 members (excludes halogenated alkanes) is 1. The van der Waals surface area contributed by atoms with Crippen LogP contribution in [0.5, 0.6) is 0 Å². The van der Waals surface area contributed by atoms with Gasteiger partial charge in [-0.05, 0) is 33.6 Å². The molecule has 5 heteroatoms. The number of ether oxygens (including phenoxy) is 1. The fourth-order valence-corrected chi connectivity index (χ4v) is 2.30. The summed E-state index contributed by atoms with van der Waals surface area (Å²) in [6, 6.07) is 0. The van der Waals surface area contributed by atoms with Crippen LogP contribution in [-0.4, -0.2) is 34.7 Å². The molecule has 130 valence electrons. The van der Waals surface area contributed by atoms with Crippen molar-refractivity contribution < 1.29 is 9.53 Å². The Labute approximate surface area is 140 Å². The molecule has 1 aromatic rings. The van der Waals surface area contributed by atoms with Gasteiger partial charge in [0.15, 0.2) is 0 Å². The fraction of sp³-hybridized carbons (Fsp3) is 0.667. The summed E-state index contributed by atoms with van der Waals surface area (Å²) in [7, 11) is 0. The number of carbonyl (C=O) groups is 1. The zero-order chi connectivity index (χ0) is 17.1. The molecule has 1 aromatic heterocycles. The summed E-state index contributed by atoms with van der Waals surface area (Å²) >= 11 is 0. The molecule has 0 aliphatic rings. The summed E-state index contributed by atoms with van der Waals surface area (Å²) in [4.78, 5) is 16.8. The molecule has 1 heterocycles. The zero-order valence-electron chi connectivity index (χ0n) is 15.0. The summed E-state index contributed by atoms with van der Waals surface area (Å²) in [5.41, 5.74) is 0.644. The van der Waals surface area contributed by atoms with Gasteiger partial charge >= 0.3 is 0 Å². The molecule has 5 nitrogen and oxygen atoms in total. The van der Waals surface area contributed by atoms with E-state index in [0.717, 1.165) is 38.1 Å². The number of imidazole rings is 1. The van der Waals surface area contributed by atoms with E-state index in [4.69, 9.17) is 4.74 Å². The standard InChI is InChI=1S/C18H31N3O2/c1-5-7-9-12-21-16(14-20-17(21)10-8-6-2)18(22)19-11-13-23-15(3)4/h5,7,14-15H,6,8-13H2,1-4H3,(H,19,22)/b7-5-. The first-order valence-corrected chi connectivity index (χ1v) is 8.65. The van der Waals surface area contributed by atoms with Crippen LogP contribution in [0.2, 0.25) is 0 Å². The van der Waals surface area contributed by atoms with Crippen molar-refractivity contribution in [1.82, 2.24) is 14.9 Å². The highest BCUT2D eigenvalue weighted by molar-refractivity contribution is 5.92. The van der Waals surface area contributed by atoms with Gasteiger partial charge in [-0.15, -0.1) is 0 Å². The number of amides is 1. The molecule has 1 amide bonds. The van der Waals surface area contributed by atoms with Crippen LogP contribution in [0.15, 0.2) is 18.3 Å².